The second kappa shape index (κ2) is 7.65. The monoisotopic (exact) mass is 342 g/mol. The van der Waals surface area contributed by atoms with Gasteiger partial charge in [0.05, 0.1) is 7.11 Å². The van der Waals surface area contributed by atoms with Crippen LogP contribution in [0.5, 0.6) is 5.88 Å². The summed E-state index contributed by atoms with van der Waals surface area (Å²) in [4.78, 5) is 20.0. The first kappa shape index (κ1) is 17.4. The Morgan fingerprint density at radius 2 is 2.04 bits per heavy atom. The molecule has 0 aliphatic carbocycles. The van der Waals surface area contributed by atoms with E-state index >= 15 is 0 Å². The van der Waals surface area contributed by atoms with Crippen molar-refractivity contribution in [2.24, 2.45) is 0 Å². The van der Waals surface area contributed by atoms with E-state index in [0.717, 1.165) is 37.8 Å². The van der Waals surface area contributed by atoms with Gasteiger partial charge in [-0.2, -0.15) is 4.98 Å². The van der Waals surface area contributed by atoms with Crippen molar-refractivity contribution >= 4 is 11.8 Å². The van der Waals surface area contributed by atoms with E-state index in [-0.39, 0.29) is 0 Å². The molecule has 3 heterocycles. The molecule has 3 rings (SSSR count). The zero-order chi connectivity index (χ0) is 17.8. The van der Waals surface area contributed by atoms with Crippen LogP contribution < -0.4 is 14.5 Å². The average Bonchev–Trinajstić information content (AvgIpc) is 3.10. The molecule has 0 N–H and O–H groups in total. The van der Waals surface area contributed by atoms with Crippen LogP contribution in [0.2, 0.25) is 0 Å². The zero-order valence-electron chi connectivity index (χ0n) is 15.4. The lowest BCUT2D eigenvalue weighted by Crippen LogP contribution is -2.35. The minimum Gasteiger partial charge on any atom is -0.481 e. The number of hydrogen-bond donors (Lipinski definition) is 0. The molecule has 1 aliphatic rings. The van der Waals surface area contributed by atoms with Crippen molar-refractivity contribution in [1.82, 2.24) is 19.9 Å². The summed E-state index contributed by atoms with van der Waals surface area (Å²) >= 11 is 0. The SMILES string of the molecule is COc1ccc(CN2CCC(N(C)c3nccc(N(C)C)n3)C2)cn1. The summed E-state index contributed by atoms with van der Waals surface area (Å²) in [6, 6.07) is 6.33. The third-order valence-corrected chi connectivity index (χ3v) is 4.61. The number of methoxy groups -OCH3 is 1. The molecule has 1 saturated heterocycles. The van der Waals surface area contributed by atoms with Crippen molar-refractivity contribution in [3.8, 4) is 5.88 Å². The van der Waals surface area contributed by atoms with E-state index in [1.165, 1.54) is 5.56 Å². The summed E-state index contributed by atoms with van der Waals surface area (Å²) < 4.78 is 5.11. The number of pyridine rings is 1. The van der Waals surface area contributed by atoms with Crippen molar-refractivity contribution < 1.29 is 4.74 Å². The average molecular weight is 342 g/mol. The maximum Gasteiger partial charge on any atom is 0.227 e. The second-order valence-electron chi connectivity index (χ2n) is 6.61. The summed E-state index contributed by atoms with van der Waals surface area (Å²) in [7, 11) is 7.70. The van der Waals surface area contributed by atoms with E-state index in [9.17, 15) is 0 Å². The van der Waals surface area contributed by atoms with Crippen molar-refractivity contribution in [1.29, 1.82) is 0 Å². The van der Waals surface area contributed by atoms with Crippen LogP contribution >= 0.6 is 0 Å². The Morgan fingerprint density at radius 1 is 1.20 bits per heavy atom. The number of ether oxygens (including phenoxy) is 1. The van der Waals surface area contributed by atoms with Gasteiger partial charge in [0.25, 0.3) is 0 Å². The number of anilines is 2. The lowest BCUT2D eigenvalue weighted by Gasteiger charge is -2.25. The summed E-state index contributed by atoms with van der Waals surface area (Å²) in [6.45, 7) is 2.96. The number of rotatable bonds is 6. The van der Waals surface area contributed by atoms with E-state index in [0.29, 0.717) is 11.9 Å². The summed E-state index contributed by atoms with van der Waals surface area (Å²) in [5.74, 6) is 2.36. The lowest BCUT2D eigenvalue weighted by molar-refractivity contribution is 0.324. The highest BCUT2D eigenvalue weighted by molar-refractivity contribution is 5.42. The number of aromatic nitrogens is 3. The van der Waals surface area contributed by atoms with E-state index in [1.54, 1.807) is 7.11 Å². The van der Waals surface area contributed by atoms with Gasteiger partial charge >= 0.3 is 0 Å². The molecule has 0 bridgehead atoms. The highest BCUT2D eigenvalue weighted by atomic mass is 16.5. The molecule has 1 fully saturated rings. The van der Waals surface area contributed by atoms with Gasteiger partial charge in [0, 0.05) is 65.3 Å². The maximum absolute atomic E-state index is 5.11. The van der Waals surface area contributed by atoms with Crippen LogP contribution in [-0.4, -0.2) is 67.2 Å². The Morgan fingerprint density at radius 3 is 2.72 bits per heavy atom. The number of likely N-dealkylation sites (N-methyl/N-ethyl adjacent to an activating group) is 1. The van der Waals surface area contributed by atoms with E-state index < -0.39 is 0 Å². The summed E-state index contributed by atoms with van der Waals surface area (Å²) in [5, 5.41) is 0. The van der Waals surface area contributed by atoms with Gasteiger partial charge in [-0.1, -0.05) is 6.07 Å². The van der Waals surface area contributed by atoms with Crippen LogP contribution in [-0.2, 0) is 6.54 Å². The Hall–Kier alpha value is -2.41. The van der Waals surface area contributed by atoms with Gasteiger partial charge in [-0.05, 0) is 18.1 Å². The van der Waals surface area contributed by atoms with Crippen LogP contribution in [0, 0.1) is 0 Å². The molecule has 7 nitrogen and oxygen atoms in total. The molecule has 1 aliphatic heterocycles. The van der Waals surface area contributed by atoms with Gasteiger partial charge in [0.1, 0.15) is 5.82 Å². The third kappa shape index (κ3) is 4.17. The number of likely N-dealkylation sites (tertiary alicyclic amines) is 1. The quantitative estimate of drug-likeness (QED) is 0.791. The van der Waals surface area contributed by atoms with Gasteiger partial charge in [0.15, 0.2) is 0 Å². The van der Waals surface area contributed by atoms with Crippen molar-refractivity contribution in [2.75, 3.05) is 51.1 Å². The molecule has 0 radical (unpaired) electrons. The van der Waals surface area contributed by atoms with E-state index in [1.807, 2.05) is 43.5 Å². The molecular weight excluding hydrogens is 316 g/mol. The molecule has 134 valence electrons. The van der Waals surface area contributed by atoms with Crippen LogP contribution in [0.1, 0.15) is 12.0 Å². The topological polar surface area (TPSA) is 57.6 Å². The van der Waals surface area contributed by atoms with E-state index in [4.69, 9.17) is 4.74 Å². The first-order valence-corrected chi connectivity index (χ1v) is 8.51. The normalized spacial score (nSPS) is 17.5. The van der Waals surface area contributed by atoms with Crippen LogP contribution in [0.15, 0.2) is 30.6 Å². The molecule has 25 heavy (non-hydrogen) atoms. The Bertz CT molecular complexity index is 690. The van der Waals surface area contributed by atoms with Gasteiger partial charge in [0.2, 0.25) is 11.8 Å². The standard InChI is InChI=1S/C18H26N6O/c1-22(2)16-7-9-19-18(21-16)23(3)15-8-10-24(13-15)12-14-5-6-17(25-4)20-11-14/h5-7,9,11,15H,8,10,12-13H2,1-4H3. The van der Waals surface area contributed by atoms with Gasteiger partial charge in [-0.25, -0.2) is 9.97 Å². The molecule has 0 aromatic carbocycles. The number of hydrogen-bond acceptors (Lipinski definition) is 7. The highest BCUT2D eigenvalue weighted by Gasteiger charge is 2.27. The lowest BCUT2D eigenvalue weighted by atomic mass is 10.2. The highest BCUT2D eigenvalue weighted by Crippen LogP contribution is 2.21. The zero-order valence-corrected chi connectivity index (χ0v) is 15.4. The smallest absolute Gasteiger partial charge is 0.227 e. The fourth-order valence-electron chi connectivity index (χ4n) is 3.08. The molecular formula is C18H26N6O. The van der Waals surface area contributed by atoms with Crippen molar-refractivity contribution in [3.63, 3.8) is 0 Å². The second-order valence-corrected chi connectivity index (χ2v) is 6.61. The van der Waals surface area contributed by atoms with Crippen LogP contribution in [0.3, 0.4) is 0 Å². The Labute approximate surface area is 149 Å². The van der Waals surface area contributed by atoms with Crippen LogP contribution in [0.25, 0.3) is 0 Å². The molecule has 0 saturated carbocycles. The van der Waals surface area contributed by atoms with E-state index in [2.05, 4.69) is 37.9 Å². The summed E-state index contributed by atoms with van der Waals surface area (Å²) in [5.41, 5.74) is 1.20. The molecule has 2 aromatic heterocycles. The first-order valence-electron chi connectivity index (χ1n) is 8.51. The Balaban J connectivity index is 1.60. The minimum absolute atomic E-state index is 0.420. The third-order valence-electron chi connectivity index (χ3n) is 4.61. The molecule has 1 atom stereocenters. The largest absolute Gasteiger partial charge is 0.481 e. The fourth-order valence-corrected chi connectivity index (χ4v) is 3.08. The molecule has 1 unspecified atom stereocenters. The maximum atomic E-state index is 5.11. The predicted octanol–water partition coefficient (Wildman–Crippen LogP) is 1.66. The first-order chi connectivity index (χ1) is 12.1. The fraction of sp³-hybridized carbons (Fsp3) is 0.500. The molecule has 2 aromatic rings. The van der Waals surface area contributed by atoms with Gasteiger partial charge in [-0.15, -0.1) is 0 Å². The minimum atomic E-state index is 0.420. The summed E-state index contributed by atoms with van der Waals surface area (Å²) in [6.07, 6.45) is 4.82. The van der Waals surface area contributed by atoms with Gasteiger partial charge < -0.3 is 14.5 Å². The predicted molar refractivity (Wildman–Crippen MR) is 99.2 cm³/mol. The molecule has 7 heteroatoms. The van der Waals surface area contributed by atoms with Gasteiger partial charge in [-0.3, -0.25) is 4.90 Å². The van der Waals surface area contributed by atoms with Crippen molar-refractivity contribution in [2.45, 2.75) is 19.0 Å². The van der Waals surface area contributed by atoms with Crippen molar-refractivity contribution in [3.05, 3.63) is 36.2 Å². The molecule has 0 amide bonds. The molecule has 0 spiro atoms. The Kier molecular flexibility index (Phi) is 5.33. The van der Waals surface area contributed by atoms with Crippen LogP contribution in [0.4, 0.5) is 11.8 Å². The number of nitrogens with zero attached hydrogens (tertiary/aromatic N) is 6.